The highest BCUT2D eigenvalue weighted by Gasteiger charge is 2.14. The number of benzene rings is 1. The quantitative estimate of drug-likeness (QED) is 0.295. The lowest BCUT2D eigenvalue weighted by Gasteiger charge is -2.08. The van der Waals surface area contributed by atoms with Crippen LogP contribution in [0.4, 0.5) is 11.5 Å². The number of aromatic nitrogens is 4. The summed E-state index contributed by atoms with van der Waals surface area (Å²) in [5.74, 6) is 0.471. The van der Waals surface area contributed by atoms with Gasteiger partial charge in [0.05, 0.1) is 22.2 Å². The van der Waals surface area contributed by atoms with Crippen LogP contribution >= 0.6 is 34.0 Å². The van der Waals surface area contributed by atoms with Gasteiger partial charge in [-0.05, 0) is 0 Å². The van der Waals surface area contributed by atoms with Gasteiger partial charge >= 0.3 is 11.1 Å². The van der Waals surface area contributed by atoms with E-state index in [0.29, 0.717) is 16.9 Å². The molecule has 12 heteroatoms. The smallest absolute Gasteiger partial charge is 0.314 e. The van der Waals surface area contributed by atoms with Gasteiger partial charge < -0.3 is 15.3 Å². The molecule has 132 valence electrons. The number of aromatic amines is 2. The van der Waals surface area contributed by atoms with Crippen molar-refractivity contribution in [3.63, 3.8) is 0 Å². The van der Waals surface area contributed by atoms with Crippen LogP contribution in [0.3, 0.4) is 0 Å². The molecule has 0 spiro atoms. The van der Waals surface area contributed by atoms with Crippen molar-refractivity contribution in [1.29, 1.82) is 0 Å². The van der Waals surface area contributed by atoms with Crippen LogP contribution in [0, 0.1) is 10.1 Å². The molecule has 3 rings (SSSR count). The van der Waals surface area contributed by atoms with Crippen LogP contribution in [0.15, 0.2) is 40.3 Å². The maximum absolute atomic E-state index is 11.5. The van der Waals surface area contributed by atoms with Crippen LogP contribution in [0.2, 0.25) is 0 Å². The van der Waals surface area contributed by atoms with Gasteiger partial charge in [0.2, 0.25) is 0 Å². The Labute approximate surface area is 160 Å². The Kier molecular flexibility index (Phi) is 6.94. The average Bonchev–Trinajstić information content (AvgIpc) is 2.54. The number of halogens is 2. The Morgan fingerprint density at radius 2 is 1.84 bits per heavy atom. The van der Waals surface area contributed by atoms with Crippen molar-refractivity contribution in [1.82, 2.24) is 19.9 Å². The van der Waals surface area contributed by atoms with E-state index in [0.717, 1.165) is 0 Å². The minimum atomic E-state index is -0.870. The monoisotopic (exact) mass is 474 g/mol. The zero-order valence-electron chi connectivity index (χ0n) is 12.4. The fourth-order valence-corrected chi connectivity index (χ4v) is 2.10. The number of H-pyrrole nitrogens is 2. The Morgan fingerprint density at radius 3 is 2.48 bits per heavy atom. The highest BCUT2D eigenvalue weighted by atomic mass is 79.9. The molecule has 0 aliphatic rings. The fourth-order valence-electron chi connectivity index (χ4n) is 2.10. The third kappa shape index (κ3) is 4.48. The summed E-state index contributed by atoms with van der Waals surface area (Å²) in [4.78, 5) is 46.0. The van der Waals surface area contributed by atoms with Crippen LogP contribution in [-0.2, 0) is 6.54 Å². The summed E-state index contributed by atoms with van der Waals surface area (Å²) in [5, 5.41) is 14.0. The highest BCUT2D eigenvalue weighted by molar-refractivity contribution is 8.93. The topological polar surface area (TPSA) is 147 Å². The van der Waals surface area contributed by atoms with Gasteiger partial charge in [0, 0.05) is 36.6 Å². The first-order chi connectivity index (χ1) is 11.0. The molecule has 1 aromatic carbocycles. The van der Waals surface area contributed by atoms with E-state index < -0.39 is 16.0 Å². The van der Waals surface area contributed by atoms with E-state index >= 15 is 0 Å². The second-order valence-electron chi connectivity index (χ2n) is 4.64. The van der Waals surface area contributed by atoms with Crippen LogP contribution in [-0.4, -0.2) is 24.9 Å². The summed E-state index contributed by atoms with van der Waals surface area (Å²) in [6.45, 7) is 0.152. The zero-order chi connectivity index (χ0) is 16.4. The Morgan fingerprint density at radius 1 is 1.12 bits per heavy atom. The van der Waals surface area contributed by atoms with Gasteiger partial charge in [-0.25, -0.2) is 4.98 Å². The molecule has 25 heavy (non-hydrogen) atoms. The van der Waals surface area contributed by atoms with E-state index in [1.54, 1.807) is 0 Å². The number of anilines is 1. The summed E-state index contributed by atoms with van der Waals surface area (Å²) in [5.41, 5.74) is -0.960. The van der Waals surface area contributed by atoms with Crippen molar-refractivity contribution in [2.24, 2.45) is 0 Å². The highest BCUT2D eigenvalue weighted by Crippen LogP contribution is 2.22. The molecule has 0 saturated heterocycles. The van der Waals surface area contributed by atoms with Crippen molar-refractivity contribution in [3.05, 3.63) is 67.1 Å². The van der Waals surface area contributed by atoms with Gasteiger partial charge in [-0.2, -0.15) is 0 Å². The maximum atomic E-state index is 11.5. The van der Waals surface area contributed by atoms with Crippen LogP contribution in [0.1, 0.15) is 5.56 Å². The van der Waals surface area contributed by atoms with E-state index in [9.17, 15) is 19.7 Å². The molecule has 0 radical (unpaired) electrons. The van der Waals surface area contributed by atoms with E-state index in [2.05, 4.69) is 25.3 Å². The van der Waals surface area contributed by atoms with Crippen molar-refractivity contribution in [2.75, 3.05) is 5.32 Å². The predicted octanol–water partition coefficient (Wildman–Crippen LogP) is 1.68. The van der Waals surface area contributed by atoms with Crippen molar-refractivity contribution < 1.29 is 4.92 Å². The lowest BCUT2D eigenvalue weighted by atomic mass is 10.1. The molecular weight excluding hydrogens is 464 g/mol. The third-order valence-electron chi connectivity index (χ3n) is 3.13. The molecule has 0 amide bonds. The van der Waals surface area contributed by atoms with Crippen molar-refractivity contribution in [2.45, 2.75) is 6.54 Å². The number of non-ortho nitro benzene ring substituents is 1. The van der Waals surface area contributed by atoms with Gasteiger partial charge in [0.1, 0.15) is 5.82 Å². The second kappa shape index (κ2) is 8.48. The van der Waals surface area contributed by atoms with E-state index in [-0.39, 0.29) is 51.7 Å². The molecule has 0 fully saturated rings. The van der Waals surface area contributed by atoms with Gasteiger partial charge in [-0.1, -0.05) is 0 Å². The first kappa shape index (κ1) is 20.4. The molecule has 0 aliphatic carbocycles. The summed E-state index contributed by atoms with van der Waals surface area (Å²) in [6.07, 6.45) is 4.49. The molecule has 3 aromatic rings. The fraction of sp³-hybridized carbons (Fsp3) is 0.0769. The molecular formula is C13H12Br2N6O4. The second-order valence-corrected chi connectivity index (χ2v) is 4.64. The summed E-state index contributed by atoms with van der Waals surface area (Å²) in [6, 6.07) is 2.51. The van der Waals surface area contributed by atoms with Crippen LogP contribution in [0.25, 0.3) is 11.0 Å². The molecule has 2 heterocycles. The van der Waals surface area contributed by atoms with Gasteiger partial charge in [-0.3, -0.25) is 24.7 Å². The molecule has 0 atom stereocenters. The molecule has 2 aromatic heterocycles. The zero-order valence-corrected chi connectivity index (χ0v) is 15.8. The predicted molar refractivity (Wildman–Crippen MR) is 102 cm³/mol. The Hall–Kier alpha value is -2.60. The first-order valence-electron chi connectivity index (χ1n) is 6.48. The molecule has 0 unspecified atom stereocenters. The molecule has 0 saturated carbocycles. The number of nitrogens with zero attached hydrogens (tertiary/aromatic N) is 3. The van der Waals surface area contributed by atoms with Crippen LogP contribution in [0.5, 0.6) is 0 Å². The molecule has 10 nitrogen and oxygen atoms in total. The number of nitrogens with one attached hydrogen (secondary N) is 3. The number of nitro benzene ring substituents is 1. The Bertz CT molecular complexity index is 1000. The number of rotatable bonds is 4. The largest absolute Gasteiger partial charge is 0.365 e. The third-order valence-corrected chi connectivity index (χ3v) is 3.13. The van der Waals surface area contributed by atoms with Crippen molar-refractivity contribution in [3.8, 4) is 0 Å². The molecule has 0 aliphatic heterocycles. The van der Waals surface area contributed by atoms with Gasteiger partial charge in [-0.15, -0.1) is 34.0 Å². The minimum Gasteiger partial charge on any atom is -0.365 e. The minimum absolute atomic E-state index is 0. The SMILES string of the molecule is Br.Br.O=c1[nH]c2cc([N+](=O)[O-])cc(CNc3cnccn3)c2[nH]c1=O. The lowest BCUT2D eigenvalue weighted by molar-refractivity contribution is -0.384. The first-order valence-corrected chi connectivity index (χ1v) is 6.48. The van der Waals surface area contributed by atoms with Crippen molar-refractivity contribution >= 4 is 56.5 Å². The number of fused-ring (bicyclic) bond motifs is 1. The standard InChI is InChI=1S/C13H10N6O4.2BrH/c20-12-13(21)18-11-7(5-16-10-6-14-1-2-15-10)3-8(19(22)23)4-9(11)17-12;;/h1-4,6H,5H2,(H,15,16)(H,17,20)(H,18,21);2*1H. The lowest BCUT2D eigenvalue weighted by Crippen LogP contribution is -2.29. The number of hydrogen-bond acceptors (Lipinski definition) is 7. The number of hydrogen-bond donors (Lipinski definition) is 3. The summed E-state index contributed by atoms with van der Waals surface area (Å²) in [7, 11) is 0. The van der Waals surface area contributed by atoms with Crippen LogP contribution < -0.4 is 16.4 Å². The van der Waals surface area contributed by atoms with E-state index in [1.807, 2.05) is 0 Å². The van der Waals surface area contributed by atoms with E-state index in [1.165, 1.54) is 30.7 Å². The number of nitro groups is 1. The Balaban J connectivity index is 0.00000156. The van der Waals surface area contributed by atoms with Gasteiger partial charge in [0.15, 0.2) is 0 Å². The van der Waals surface area contributed by atoms with E-state index in [4.69, 9.17) is 0 Å². The average molecular weight is 476 g/mol. The molecule has 3 N–H and O–H groups in total. The maximum Gasteiger partial charge on any atom is 0.314 e. The molecule has 0 bridgehead atoms. The summed E-state index contributed by atoms with van der Waals surface area (Å²) < 4.78 is 0. The normalized spacial score (nSPS) is 9.76. The summed E-state index contributed by atoms with van der Waals surface area (Å²) >= 11 is 0. The van der Waals surface area contributed by atoms with Gasteiger partial charge in [0.25, 0.3) is 5.69 Å².